The van der Waals surface area contributed by atoms with E-state index in [2.05, 4.69) is 15.5 Å². The van der Waals surface area contributed by atoms with Crippen molar-refractivity contribution in [2.24, 2.45) is 5.92 Å². The summed E-state index contributed by atoms with van der Waals surface area (Å²) in [6.07, 6.45) is 4.58. The normalized spacial score (nSPS) is 23.3. The Morgan fingerprint density at radius 3 is 2.89 bits per heavy atom. The molecule has 104 valence electrons. The Hall–Kier alpha value is -1.43. The number of nitrogens with one attached hydrogen (secondary N) is 1. The third kappa shape index (κ3) is 2.94. The van der Waals surface area contributed by atoms with E-state index < -0.39 is 0 Å². The number of rotatable bonds is 4. The number of amides is 1. The Morgan fingerprint density at radius 2 is 2.32 bits per heavy atom. The van der Waals surface area contributed by atoms with Crippen LogP contribution in [0.15, 0.2) is 4.52 Å². The first-order chi connectivity index (χ1) is 9.24. The zero-order chi connectivity index (χ0) is 13.2. The van der Waals surface area contributed by atoms with Gasteiger partial charge in [0.05, 0.1) is 0 Å². The van der Waals surface area contributed by atoms with Crippen molar-refractivity contribution in [2.75, 3.05) is 19.6 Å². The van der Waals surface area contributed by atoms with Crippen LogP contribution in [0.1, 0.15) is 42.2 Å². The molecule has 1 aliphatic carbocycles. The van der Waals surface area contributed by atoms with Gasteiger partial charge in [0, 0.05) is 19.5 Å². The predicted octanol–water partition coefficient (Wildman–Crippen LogP) is 0.982. The van der Waals surface area contributed by atoms with Gasteiger partial charge in [0.25, 0.3) is 11.7 Å². The molecule has 1 N–H and O–H groups in total. The molecule has 0 bridgehead atoms. The van der Waals surface area contributed by atoms with Crippen molar-refractivity contribution in [3.05, 3.63) is 11.7 Å². The summed E-state index contributed by atoms with van der Waals surface area (Å²) in [5, 5.41) is 7.14. The topological polar surface area (TPSA) is 71.3 Å². The monoisotopic (exact) mass is 264 g/mol. The summed E-state index contributed by atoms with van der Waals surface area (Å²) in [5.74, 6) is 1.11. The molecule has 1 amide bonds. The van der Waals surface area contributed by atoms with Gasteiger partial charge >= 0.3 is 0 Å². The van der Waals surface area contributed by atoms with Crippen molar-refractivity contribution in [3.8, 4) is 0 Å². The van der Waals surface area contributed by atoms with Crippen molar-refractivity contribution in [3.63, 3.8) is 0 Å². The highest BCUT2D eigenvalue weighted by Gasteiger charge is 2.36. The maximum Gasteiger partial charge on any atom is 0.295 e. The highest BCUT2D eigenvalue weighted by atomic mass is 16.5. The first-order valence-corrected chi connectivity index (χ1v) is 7.06. The number of piperidine rings is 1. The van der Waals surface area contributed by atoms with Crippen molar-refractivity contribution < 1.29 is 9.32 Å². The van der Waals surface area contributed by atoms with Gasteiger partial charge in [-0.05, 0) is 44.7 Å². The molecule has 2 aliphatic rings. The van der Waals surface area contributed by atoms with E-state index in [1.54, 1.807) is 6.92 Å². The molecule has 0 aromatic carbocycles. The summed E-state index contributed by atoms with van der Waals surface area (Å²) in [6.45, 7) is 4.61. The minimum atomic E-state index is -0.0788. The maximum atomic E-state index is 12.4. The lowest BCUT2D eigenvalue weighted by molar-refractivity contribution is 0.0688. The van der Waals surface area contributed by atoms with Gasteiger partial charge in [0.2, 0.25) is 5.89 Å². The molecule has 3 rings (SSSR count). The second-order valence-corrected chi connectivity index (χ2v) is 5.54. The Labute approximate surface area is 112 Å². The summed E-state index contributed by atoms with van der Waals surface area (Å²) in [5.41, 5.74) is 0. The Balaban J connectivity index is 1.68. The number of carbonyl (C=O) groups excluding carboxylic acids is 1. The van der Waals surface area contributed by atoms with Crippen LogP contribution in [0.25, 0.3) is 0 Å². The van der Waals surface area contributed by atoms with E-state index >= 15 is 0 Å². The van der Waals surface area contributed by atoms with Gasteiger partial charge in [-0.3, -0.25) is 4.79 Å². The van der Waals surface area contributed by atoms with Gasteiger partial charge < -0.3 is 14.7 Å². The molecule has 19 heavy (non-hydrogen) atoms. The molecule has 2 fully saturated rings. The fraction of sp³-hybridized carbons (Fsp3) is 0.769. The molecule has 6 heteroatoms. The van der Waals surface area contributed by atoms with E-state index in [0.717, 1.165) is 32.5 Å². The number of hydrogen-bond donors (Lipinski definition) is 1. The standard InChI is InChI=1S/C13H20N4O2/c1-9-15-12(16-19-9)13(18)17(11-4-5-11)8-10-3-2-6-14-7-10/h10-11,14H,2-8H2,1H3. The zero-order valence-corrected chi connectivity index (χ0v) is 11.3. The van der Waals surface area contributed by atoms with E-state index in [0.29, 0.717) is 17.9 Å². The average molecular weight is 264 g/mol. The van der Waals surface area contributed by atoms with Crippen LogP contribution in [0.4, 0.5) is 0 Å². The molecule has 1 aromatic rings. The van der Waals surface area contributed by atoms with Crippen LogP contribution in [0.5, 0.6) is 0 Å². The van der Waals surface area contributed by atoms with Crippen LogP contribution in [0.3, 0.4) is 0 Å². The quantitative estimate of drug-likeness (QED) is 0.877. The largest absolute Gasteiger partial charge is 0.339 e. The van der Waals surface area contributed by atoms with Crippen molar-refractivity contribution in [2.45, 2.75) is 38.6 Å². The van der Waals surface area contributed by atoms with Crippen LogP contribution in [-0.4, -0.2) is 46.6 Å². The molecule has 1 saturated carbocycles. The average Bonchev–Trinajstić information content (AvgIpc) is 3.18. The molecule has 0 radical (unpaired) electrons. The molecule has 2 heterocycles. The van der Waals surface area contributed by atoms with E-state index in [9.17, 15) is 4.79 Å². The third-order valence-corrected chi connectivity index (χ3v) is 3.82. The van der Waals surface area contributed by atoms with Crippen LogP contribution < -0.4 is 5.32 Å². The zero-order valence-electron chi connectivity index (χ0n) is 11.3. The first kappa shape index (κ1) is 12.6. The van der Waals surface area contributed by atoms with E-state index in [4.69, 9.17) is 4.52 Å². The van der Waals surface area contributed by atoms with Gasteiger partial charge in [-0.25, -0.2) is 0 Å². The molecule has 1 unspecified atom stereocenters. The molecular formula is C13H20N4O2. The Morgan fingerprint density at radius 1 is 1.47 bits per heavy atom. The minimum Gasteiger partial charge on any atom is -0.339 e. The lowest BCUT2D eigenvalue weighted by Gasteiger charge is -2.29. The summed E-state index contributed by atoms with van der Waals surface area (Å²) in [6, 6.07) is 0.383. The molecule has 1 aromatic heterocycles. The predicted molar refractivity (Wildman–Crippen MR) is 68.7 cm³/mol. The van der Waals surface area contributed by atoms with E-state index in [-0.39, 0.29) is 11.7 Å². The fourth-order valence-electron chi connectivity index (χ4n) is 2.66. The van der Waals surface area contributed by atoms with Gasteiger partial charge in [0.1, 0.15) is 0 Å². The lowest BCUT2D eigenvalue weighted by Crippen LogP contribution is -2.42. The van der Waals surface area contributed by atoms with Crippen molar-refractivity contribution in [1.82, 2.24) is 20.4 Å². The lowest BCUT2D eigenvalue weighted by atomic mass is 9.99. The number of aryl methyl sites for hydroxylation is 1. The van der Waals surface area contributed by atoms with Crippen LogP contribution >= 0.6 is 0 Å². The van der Waals surface area contributed by atoms with E-state index in [1.165, 1.54) is 12.8 Å². The summed E-state index contributed by atoms with van der Waals surface area (Å²) >= 11 is 0. The number of hydrogen-bond acceptors (Lipinski definition) is 5. The summed E-state index contributed by atoms with van der Waals surface area (Å²) in [4.78, 5) is 18.4. The maximum absolute atomic E-state index is 12.4. The van der Waals surface area contributed by atoms with Gasteiger partial charge in [-0.15, -0.1) is 0 Å². The number of nitrogens with zero attached hydrogens (tertiary/aromatic N) is 3. The second kappa shape index (κ2) is 5.28. The molecular weight excluding hydrogens is 244 g/mol. The highest BCUT2D eigenvalue weighted by Crippen LogP contribution is 2.29. The van der Waals surface area contributed by atoms with Crippen molar-refractivity contribution in [1.29, 1.82) is 0 Å². The van der Waals surface area contributed by atoms with Gasteiger partial charge in [0.15, 0.2) is 0 Å². The Kier molecular flexibility index (Phi) is 3.50. The van der Waals surface area contributed by atoms with Crippen molar-refractivity contribution >= 4 is 5.91 Å². The van der Waals surface area contributed by atoms with Crippen LogP contribution in [-0.2, 0) is 0 Å². The number of carbonyl (C=O) groups is 1. The third-order valence-electron chi connectivity index (χ3n) is 3.82. The Bertz CT molecular complexity index is 449. The second-order valence-electron chi connectivity index (χ2n) is 5.54. The molecule has 1 saturated heterocycles. The molecule has 6 nitrogen and oxygen atoms in total. The summed E-state index contributed by atoms with van der Waals surface area (Å²) < 4.78 is 4.90. The molecule has 0 spiro atoms. The first-order valence-electron chi connectivity index (χ1n) is 7.06. The molecule has 1 aliphatic heterocycles. The fourth-order valence-corrected chi connectivity index (χ4v) is 2.66. The van der Waals surface area contributed by atoms with Crippen LogP contribution in [0.2, 0.25) is 0 Å². The van der Waals surface area contributed by atoms with Crippen LogP contribution in [0, 0.1) is 12.8 Å². The van der Waals surface area contributed by atoms with Gasteiger partial charge in [-0.2, -0.15) is 4.98 Å². The molecule has 1 atom stereocenters. The van der Waals surface area contributed by atoms with E-state index in [1.807, 2.05) is 4.90 Å². The highest BCUT2D eigenvalue weighted by molar-refractivity contribution is 5.90. The SMILES string of the molecule is Cc1nc(C(=O)N(CC2CCCNC2)C2CC2)no1. The summed E-state index contributed by atoms with van der Waals surface area (Å²) in [7, 11) is 0. The van der Waals surface area contributed by atoms with Gasteiger partial charge in [-0.1, -0.05) is 5.16 Å². The minimum absolute atomic E-state index is 0.0788. The number of aromatic nitrogens is 2. The smallest absolute Gasteiger partial charge is 0.295 e.